The highest BCUT2D eigenvalue weighted by Gasteiger charge is 2.29. The van der Waals surface area contributed by atoms with Crippen molar-refractivity contribution >= 4 is 46.1 Å². The number of aromatic nitrogens is 2. The normalized spacial score (nSPS) is 15.9. The third kappa shape index (κ3) is 4.28. The van der Waals surface area contributed by atoms with Crippen LogP contribution in [0.2, 0.25) is 0 Å². The summed E-state index contributed by atoms with van der Waals surface area (Å²) in [5, 5.41) is 6.38. The van der Waals surface area contributed by atoms with E-state index in [-0.39, 0.29) is 30.3 Å². The van der Waals surface area contributed by atoms with Gasteiger partial charge in [0.15, 0.2) is 0 Å². The van der Waals surface area contributed by atoms with Crippen molar-refractivity contribution in [3.8, 4) is 0 Å². The largest absolute Gasteiger partial charge is 0.457 e. The number of fused-ring (bicyclic) bond motifs is 1. The zero-order chi connectivity index (χ0) is 23.1. The Kier molecular flexibility index (Phi) is 5.71. The van der Waals surface area contributed by atoms with Gasteiger partial charge in [-0.15, -0.1) is 22.7 Å². The van der Waals surface area contributed by atoms with Crippen molar-refractivity contribution < 1.29 is 19.1 Å². The smallest absolute Gasteiger partial charge is 0.338 e. The van der Waals surface area contributed by atoms with Gasteiger partial charge in [-0.2, -0.15) is 0 Å². The van der Waals surface area contributed by atoms with E-state index in [0.29, 0.717) is 30.0 Å². The number of cyclic esters (lactones) is 1. The standard InChI is InChI=1S/C23H22N4O4S2/c1-12-19(33-13(2)24-12)22(29)27-7-5-14(6-8-27)21-26-18(11-32-21)20(28)25-16-4-3-15-10-31-23(30)17(15)9-16/h3-4,9,11,14H,5-8,10H2,1-2H3,(H,25,28). The molecule has 0 bridgehead atoms. The van der Waals surface area contributed by atoms with Crippen LogP contribution >= 0.6 is 22.7 Å². The number of rotatable bonds is 4. The second-order valence-corrected chi connectivity index (χ2v) is 10.3. The van der Waals surface area contributed by atoms with Crippen LogP contribution in [0.4, 0.5) is 5.69 Å². The molecule has 0 saturated carbocycles. The fraction of sp³-hybridized carbons (Fsp3) is 0.348. The number of hydrogen-bond donors (Lipinski definition) is 1. The van der Waals surface area contributed by atoms with Gasteiger partial charge in [0.2, 0.25) is 0 Å². The van der Waals surface area contributed by atoms with Gasteiger partial charge in [0.1, 0.15) is 17.2 Å². The molecular formula is C23H22N4O4S2. The summed E-state index contributed by atoms with van der Waals surface area (Å²) >= 11 is 2.91. The van der Waals surface area contributed by atoms with Gasteiger partial charge >= 0.3 is 5.97 Å². The molecule has 2 aromatic heterocycles. The maximum absolute atomic E-state index is 12.8. The highest BCUT2D eigenvalue weighted by atomic mass is 32.1. The molecule has 2 amide bonds. The zero-order valence-corrected chi connectivity index (χ0v) is 19.8. The number of carbonyl (C=O) groups is 3. The number of likely N-dealkylation sites (tertiary alicyclic amines) is 1. The van der Waals surface area contributed by atoms with Crippen molar-refractivity contribution in [2.24, 2.45) is 0 Å². The summed E-state index contributed by atoms with van der Waals surface area (Å²) in [5.74, 6) is -0.413. The number of piperidine rings is 1. The third-order valence-electron chi connectivity index (χ3n) is 5.93. The molecule has 5 rings (SSSR count). The van der Waals surface area contributed by atoms with E-state index in [1.54, 1.807) is 23.6 Å². The Morgan fingerprint density at radius 1 is 1.18 bits per heavy atom. The molecule has 8 nitrogen and oxygen atoms in total. The fourth-order valence-corrected chi connectivity index (χ4v) is 6.03. The lowest BCUT2D eigenvalue weighted by atomic mass is 9.97. The Morgan fingerprint density at radius 2 is 1.97 bits per heavy atom. The lowest BCUT2D eigenvalue weighted by Crippen LogP contribution is -2.37. The van der Waals surface area contributed by atoms with Crippen LogP contribution in [0.1, 0.15) is 70.6 Å². The van der Waals surface area contributed by atoms with E-state index in [0.717, 1.165) is 39.0 Å². The Hall–Kier alpha value is -3.11. The van der Waals surface area contributed by atoms with Crippen molar-refractivity contribution in [3.05, 3.63) is 61.0 Å². The quantitative estimate of drug-likeness (QED) is 0.561. The number of thiazole rings is 2. The van der Waals surface area contributed by atoms with Crippen LogP contribution in [0.15, 0.2) is 23.6 Å². The average molecular weight is 483 g/mol. The van der Waals surface area contributed by atoms with E-state index < -0.39 is 0 Å². The summed E-state index contributed by atoms with van der Waals surface area (Å²) in [6, 6.07) is 5.17. The van der Waals surface area contributed by atoms with Crippen LogP contribution in [0.5, 0.6) is 0 Å². The Labute approximate surface area is 198 Å². The van der Waals surface area contributed by atoms with Crippen LogP contribution in [0.3, 0.4) is 0 Å². The Morgan fingerprint density at radius 3 is 2.70 bits per heavy atom. The third-order valence-corrected chi connectivity index (χ3v) is 8.00. The van der Waals surface area contributed by atoms with E-state index in [9.17, 15) is 14.4 Å². The molecule has 0 spiro atoms. The maximum Gasteiger partial charge on any atom is 0.338 e. The van der Waals surface area contributed by atoms with Crippen LogP contribution < -0.4 is 5.32 Å². The van der Waals surface area contributed by atoms with Gasteiger partial charge in [-0.3, -0.25) is 9.59 Å². The second kappa shape index (κ2) is 8.68. The van der Waals surface area contributed by atoms with Crippen molar-refractivity contribution in [3.63, 3.8) is 0 Å². The first kappa shape index (κ1) is 21.7. The summed E-state index contributed by atoms with van der Waals surface area (Å²) < 4.78 is 5.00. The van der Waals surface area contributed by atoms with Gasteiger partial charge in [-0.05, 0) is 38.8 Å². The molecule has 10 heteroatoms. The Bertz CT molecular complexity index is 1260. The predicted octanol–water partition coefficient (Wildman–Crippen LogP) is 4.16. The van der Waals surface area contributed by atoms with E-state index in [1.165, 1.54) is 22.7 Å². The molecule has 1 saturated heterocycles. The number of ether oxygens (including phenoxy) is 1. The summed E-state index contributed by atoms with van der Waals surface area (Å²) in [6.07, 6.45) is 1.62. The van der Waals surface area contributed by atoms with Gasteiger partial charge in [0.25, 0.3) is 11.8 Å². The minimum atomic E-state index is -0.373. The lowest BCUT2D eigenvalue weighted by molar-refractivity contribution is 0.0534. The number of anilines is 1. The average Bonchev–Trinajstić information content (AvgIpc) is 3.53. The number of nitrogens with one attached hydrogen (secondary N) is 1. The molecule has 0 aliphatic carbocycles. The number of esters is 1. The van der Waals surface area contributed by atoms with Crippen LogP contribution in [0, 0.1) is 13.8 Å². The highest BCUT2D eigenvalue weighted by molar-refractivity contribution is 7.13. The van der Waals surface area contributed by atoms with Crippen molar-refractivity contribution in [2.75, 3.05) is 18.4 Å². The van der Waals surface area contributed by atoms with Crippen molar-refractivity contribution in [1.82, 2.24) is 14.9 Å². The zero-order valence-electron chi connectivity index (χ0n) is 18.2. The number of aryl methyl sites for hydroxylation is 2. The van der Waals surface area contributed by atoms with E-state index in [4.69, 9.17) is 4.74 Å². The second-order valence-electron chi connectivity index (χ2n) is 8.19. The molecule has 1 aromatic carbocycles. The number of nitrogens with zero attached hydrogens (tertiary/aromatic N) is 3. The number of amides is 2. The molecular weight excluding hydrogens is 460 g/mol. The lowest BCUT2D eigenvalue weighted by Gasteiger charge is -2.30. The van der Waals surface area contributed by atoms with E-state index in [2.05, 4.69) is 15.3 Å². The first-order chi connectivity index (χ1) is 15.9. The molecule has 170 valence electrons. The van der Waals surface area contributed by atoms with Gasteiger partial charge in [0.05, 0.1) is 21.3 Å². The highest BCUT2D eigenvalue weighted by Crippen LogP contribution is 2.32. The minimum Gasteiger partial charge on any atom is -0.457 e. The molecule has 0 radical (unpaired) electrons. The van der Waals surface area contributed by atoms with Gasteiger partial charge < -0.3 is 15.0 Å². The maximum atomic E-state index is 12.8. The minimum absolute atomic E-state index is 0.0500. The van der Waals surface area contributed by atoms with Crippen LogP contribution in [0.25, 0.3) is 0 Å². The number of hydrogen-bond acceptors (Lipinski definition) is 8. The molecule has 0 unspecified atom stereocenters. The van der Waals surface area contributed by atoms with Crippen LogP contribution in [-0.2, 0) is 11.3 Å². The molecule has 3 aromatic rings. The monoisotopic (exact) mass is 482 g/mol. The van der Waals surface area contributed by atoms with E-state index in [1.807, 2.05) is 18.7 Å². The molecule has 33 heavy (non-hydrogen) atoms. The first-order valence-corrected chi connectivity index (χ1v) is 12.4. The molecule has 2 aliphatic heterocycles. The van der Waals surface area contributed by atoms with Gasteiger partial charge in [-0.1, -0.05) is 6.07 Å². The molecule has 0 atom stereocenters. The van der Waals surface area contributed by atoms with Crippen molar-refractivity contribution in [1.29, 1.82) is 0 Å². The molecule has 4 heterocycles. The predicted molar refractivity (Wildman–Crippen MR) is 125 cm³/mol. The Balaban J connectivity index is 1.20. The molecule has 1 N–H and O–H groups in total. The van der Waals surface area contributed by atoms with Gasteiger partial charge in [0, 0.05) is 35.6 Å². The first-order valence-electron chi connectivity index (χ1n) is 10.7. The molecule has 1 fully saturated rings. The van der Waals surface area contributed by atoms with Gasteiger partial charge in [-0.25, -0.2) is 14.8 Å². The molecule has 2 aliphatic rings. The van der Waals surface area contributed by atoms with Crippen LogP contribution in [-0.4, -0.2) is 45.7 Å². The summed E-state index contributed by atoms with van der Waals surface area (Å²) in [5.41, 5.74) is 2.98. The summed E-state index contributed by atoms with van der Waals surface area (Å²) in [7, 11) is 0. The number of carbonyl (C=O) groups excluding carboxylic acids is 3. The SMILES string of the molecule is Cc1nc(C)c(C(=O)N2CCC(c3nc(C(=O)Nc4ccc5c(c4)C(=O)OC5)cs3)CC2)s1. The topological polar surface area (TPSA) is 101 Å². The van der Waals surface area contributed by atoms with E-state index >= 15 is 0 Å². The summed E-state index contributed by atoms with van der Waals surface area (Å²) in [6.45, 7) is 5.37. The number of benzene rings is 1. The summed E-state index contributed by atoms with van der Waals surface area (Å²) in [4.78, 5) is 48.8. The fourth-order valence-electron chi connectivity index (χ4n) is 4.17. The van der Waals surface area contributed by atoms with Crippen molar-refractivity contribution in [2.45, 2.75) is 39.2 Å².